The van der Waals surface area contributed by atoms with E-state index in [0.29, 0.717) is 0 Å². The molecule has 1 aliphatic rings. The average molecular weight is 343 g/mol. The van der Waals surface area contributed by atoms with E-state index in [-0.39, 0.29) is 23.5 Å². The Morgan fingerprint density at radius 3 is 2.61 bits per heavy atom. The van der Waals surface area contributed by atoms with Crippen molar-refractivity contribution in [3.8, 4) is 0 Å². The third-order valence-corrected chi connectivity index (χ3v) is 6.05. The number of hydrogen-bond acceptors (Lipinski definition) is 4. The van der Waals surface area contributed by atoms with E-state index in [0.717, 1.165) is 30.0 Å². The summed E-state index contributed by atoms with van der Waals surface area (Å²) in [6.45, 7) is 5.49. The maximum atomic E-state index is 14.5. The quantitative estimate of drug-likeness (QED) is 0.894. The second-order valence-corrected chi connectivity index (χ2v) is 7.79. The molecule has 23 heavy (non-hydrogen) atoms. The zero-order valence-electron chi connectivity index (χ0n) is 13.2. The van der Waals surface area contributed by atoms with Gasteiger partial charge in [-0.1, -0.05) is 20.8 Å². The van der Waals surface area contributed by atoms with E-state index in [1.54, 1.807) is 0 Å². The first-order chi connectivity index (χ1) is 10.6. The van der Waals surface area contributed by atoms with Gasteiger partial charge in [0.15, 0.2) is 0 Å². The number of carbonyl (C=O) groups excluding carboxylic acids is 2. The Morgan fingerprint density at radius 2 is 2.04 bits per heavy atom. The molecule has 1 aliphatic heterocycles. The molecule has 1 amide bonds. The first-order valence-corrected chi connectivity index (χ1v) is 8.14. The van der Waals surface area contributed by atoms with Crippen LogP contribution in [-0.4, -0.2) is 23.7 Å². The fraction of sp³-hybridized carbons (Fsp3) is 0.500. The van der Waals surface area contributed by atoms with Gasteiger partial charge < -0.3 is 10.5 Å². The van der Waals surface area contributed by atoms with Gasteiger partial charge in [0.2, 0.25) is 0 Å². The van der Waals surface area contributed by atoms with Crippen molar-refractivity contribution >= 4 is 23.6 Å². The van der Waals surface area contributed by atoms with Crippen molar-refractivity contribution in [2.45, 2.75) is 38.0 Å². The Morgan fingerprint density at radius 1 is 1.39 bits per heavy atom. The smallest absolute Gasteiger partial charge is 0.404 e. The molecule has 0 radical (unpaired) electrons. The highest BCUT2D eigenvalue weighted by Gasteiger charge is 2.56. The van der Waals surface area contributed by atoms with Crippen LogP contribution in [0.1, 0.15) is 32.8 Å². The van der Waals surface area contributed by atoms with Crippen LogP contribution in [-0.2, 0) is 14.3 Å². The summed E-state index contributed by atoms with van der Waals surface area (Å²) in [5.74, 6) is -1.20. The van der Waals surface area contributed by atoms with Gasteiger partial charge in [-0.15, -0.1) is 11.8 Å². The molecule has 7 heteroatoms. The normalized spacial score (nSPS) is 25.3. The number of thioether (sulfide) groups is 1. The molecule has 0 spiro atoms. The summed E-state index contributed by atoms with van der Waals surface area (Å²) in [7, 11) is 0. The fourth-order valence-corrected chi connectivity index (χ4v) is 4.67. The van der Waals surface area contributed by atoms with Crippen molar-refractivity contribution in [1.29, 1.82) is 0 Å². The molecule has 1 fully saturated rings. The summed E-state index contributed by atoms with van der Waals surface area (Å²) >= 11 is 1.16. The van der Waals surface area contributed by atoms with Crippen LogP contribution in [0.3, 0.4) is 0 Å². The van der Waals surface area contributed by atoms with Gasteiger partial charge in [-0.2, -0.15) is 0 Å². The van der Waals surface area contributed by atoms with Gasteiger partial charge >= 0.3 is 6.09 Å². The molecule has 126 valence electrons. The zero-order chi connectivity index (χ0) is 17.4. The highest BCUT2D eigenvalue weighted by atomic mass is 32.2. The van der Waals surface area contributed by atoms with E-state index >= 15 is 0 Å². The van der Waals surface area contributed by atoms with E-state index in [2.05, 4.69) is 0 Å². The maximum Gasteiger partial charge on any atom is 0.404 e. The molecule has 1 heterocycles. The third-order valence-electron chi connectivity index (χ3n) is 4.03. The second kappa shape index (κ2) is 6.11. The van der Waals surface area contributed by atoms with Gasteiger partial charge in [-0.05, 0) is 23.6 Å². The predicted octanol–water partition coefficient (Wildman–Crippen LogP) is 3.38. The van der Waals surface area contributed by atoms with Crippen LogP contribution in [0, 0.1) is 17.0 Å². The van der Waals surface area contributed by atoms with E-state index < -0.39 is 34.0 Å². The third kappa shape index (κ3) is 3.20. The summed E-state index contributed by atoms with van der Waals surface area (Å²) in [6, 6.07) is 3.16. The topological polar surface area (TPSA) is 69.4 Å². The number of hydrogen-bond donors (Lipinski definition) is 1. The second-order valence-electron chi connectivity index (χ2n) is 6.57. The van der Waals surface area contributed by atoms with Crippen LogP contribution in [0.5, 0.6) is 0 Å². The molecule has 2 atom stereocenters. The van der Waals surface area contributed by atoms with Crippen molar-refractivity contribution in [3.63, 3.8) is 0 Å². The van der Waals surface area contributed by atoms with Gasteiger partial charge in [0.25, 0.3) is 0 Å². The summed E-state index contributed by atoms with van der Waals surface area (Å²) in [5.41, 5.74) is 4.58. The van der Waals surface area contributed by atoms with Crippen molar-refractivity contribution < 1.29 is 23.1 Å². The minimum atomic E-state index is -1.12. The lowest BCUT2D eigenvalue weighted by molar-refractivity contribution is -0.120. The molecule has 2 rings (SSSR count). The Labute approximate surface area is 137 Å². The summed E-state index contributed by atoms with van der Waals surface area (Å²) in [4.78, 5) is 23.1. The number of halogens is 2. The number of ketones is 1. The number of ether oxygens (including phenoxy) is 1. The summed E-state index contributed by atoms with van der Waals surface area (Å²) in [5, 5.41) is 0. The molecule has 0 unspecified atom stereocenters. The molecule has 2 N–H and O–H groups in total. The van der Waals surface area contributed by atoms with Crippen molar-refractivity contribution in [1.82, 2.24) is 0 Å². The number of amides is 1. The van der Waals surface area contributed by atoms with Crippen molar-refractivity contribution in [3.05, 3.63) is 35.4 Å². The van der Waals surface area contributed by atoms with Crippen LogP contribution < -0.4 is 5.73 Å². The molecule has 4 nitrogen and oxygen atoms in total. The average Bonchev–Trinajstić information content (AvgIpc) is 2.40. The van der Waals surface area contributed by atoms with Gasteiger partial charge in [-0.3, -0.25) is 4.79 Å². The maximum absolute atomic E-state index is 14.5. The van der Waals surface area contributed by atoms with Gasteiger partial charge in [0.05, 0.1) is 10.5 Å². The molecular formula is C16H19F2NO3S. The molecule has 1 saturated heterocycles. The lowest BCUT2D eigenvalue weighted by Crippen LogP contribution is -2.54. The first-order valence-electron chi connectivity index (χ1n) is 7.15. The Bertz CT molecular complexity index is 643. The van der Waals surface area contributed by atoms with Crippen LogP contribution in [0.15, 0.2) is 18.2 Å². The van der Waals surface area contributed by atoms with E-state index in [9.17, 15) is 18.4 Å². The SMILES string of the molecule is CC(C)(C)[C@]1(c2cc(F)ccc2F)SCC(=O)C[C@@H]1OC(N)=O. The summed E-state index contributed by atoms with van der Waals surface area (Å²) < 4.78 is 32.3. The molecule has 0 aliphatic carbocycles. The molecule has 1 aromatic carbocycles. The highest BCUT2D eigenvalue weighted by molar-refractivity contribution is 8.01. The molecule has 1 aromatic rings. The number of rotatable bonds is 2. The lowest BCUT2D eigenvalue weighted by Gasteiger charge is -2.50. The summed E-state index contributed by atoms with van der Waals surface area (Å²) in [6.07, 6.45) is -2.10. The van der Waals surface area contributed by atoms with Crippen LogP contribution in [0.25, 0.3) is 0 Å². The van der Waals surface area contributed by atoms with Crippen LogP contribution in [0.4, 0.5) is 13.6 Å². The van der Waals surface area contributed by atoms with E-state index in [1.807, 2.05) is 20.8 Å². The highest BCUT2D eigenvalue weighted by Crippen LogP contribution is 2.57. The number of benzene rings is 1. The minimum Gasteiger partial charge on any atom is -0.444 e. The molecular weight excluding hydrogens is 324 g/mol. The predicted molar refractivity (Wildman–Crippen MR) is 84.0 cm³/mol. The standard InChI is InChI=1S/C16H19F2NO3S/c1-15(2,3)16(11-6-9(17)4-5-12(11)18)13(22-14(19)21)7-10(20)8-23-16/h4-6,13H,7-8H2,1-3H3,(H2,19,21)/t13-,16+/m0/s1. The zero-order valence-corrected chi connectivity index (χ0v) is 14.0. The van der Waals surface area contributed by atoms with Gasteiger partial charge in [-0.25, -0.2) is 13.6 Å². The Hall–Kier alpha value is -1.63. The monoisotopic (exact) mass is 343 g/mol. The number of primary amides is 1. The van der Waals surface area contributed by atoms with Crippen LogP contribution in [0.2, 0.25) is 0 Å². The van der Waals surface area contributed by atoms with Crippen LogP contribution >= 0.6 is 11.8 Å². The molecule has 0 aromatic heterocycles. The number of nitrogens with two attached hydrogens (primary N) is 1. The Kier molecular flexibility index (Phi) is 4.71. The lowest BCUT2D eigenvalue weighted by atomic mass is 9.70. The van der Waals surface area contributed by atoms with Gasteiger partial charge in [0.1, 0.15) is 23.5 Å². The van der Waals surface area contributed by atoms with Crippen molar-refractivity contribution in [2.75, 3.05) is 5.75 Å². The fourth-order valence-electron chi connectivity index (χ4n) is 3.10. The van der Waals surface area contributed by atoms with E-state index in [1.165, 1.54) is 0 Å². The molecule has 0 saturated carbocycles. The number of carbonyl (C=O) groups is 2. The minimum absolute atomic E-state index is 0.0775. The molecule has 0 bridgehead atoms. The Balaban J connectivity index is 2.69. The van der Waals surface area contributed by atoms with Crippen molar-refractivity contribution in [2.24, 2.45) is 11.1 Å². The largest absolute Gasteiger partial charge is 0.444 e. The first kappa shape index (κ1) is 17.7. The number of Topliss-reactive ketones (excluding diaryl/α,β-unsaturated/α-hetero) is 1. The van der Waals surface area contributed by atoms with Gasteiger partial charge in [0, 0.05) is 12.0 Å². The van der Waals surface area contributed by atoms with E-state index in [4.69, 9.17) is 10.5 Å².